The Hall–Kier alpha value is -1.26. The standard InChI is InChI=1S/C11H12N/c1-3-9-5-10(4-2)7-11(6-9)8-12/h1,6-7H,4,8,12H2,2H3. The van der Waals surface area contributed by atoms with Gasteiger partial charge in [-0.15, -0.1) is 6.42 Å². The predicted molar refractivity (Wildman–Crippen MR) is 50.5 cm³/mol. The average Bonchev–Trinajstić information content (AvgIpc) is 2.16. The van der Waals surface area contributed by atoms with Crippen molar-refractivity contribution in [1.82, 2.24) is 0 Å². The number of benzene rings is 1. The molecule has 0 unspecified atom stereocenters. The molecule has 0 saturated carbocycles. The molecule has 0 amide bonds. The van der Waals surface area contributed by atoms with Crippen LogP contribution in [0.4, 0.5) is 0 Å². The molecule has 1 nitrogen and oxygen atoms in total. The molecule has 0 heterocycles. The topological polar surface area (TPSA) is 26.0 Å². The normalized spacial score (nSPS) is 9.42. The molecule has 1 heteroatoms. The molecule has 0 atom stereocenters. The van der Waals surface area contributed by atoms with E-state index in [1.165, 1.54) is 0 Å². The summed E-state index contributed by atoms with van der Waals surface area (Å²) >= 11 is 0. The molecule has 0 aliphatic carbocycles. The Morgan fingerprint density at radius 3 is 2.83 bits per heavy atom. The van der Waals surface area contributed by atoms with E-state index in [0.717, 1.165) is 23.1 Å². The lowest BCUT2D eigenvalue weighted by Crippen LogP contribution is -1.98. The summed E-state index contributed by atoms with van der Waals surface area (Å²) in [5.74, 6) is 2.57. The third-order valence-electron chi connectivity index (χ3n) is 1.76. The lowest BCUT2D eigenvalue weighted by Gasteiger charge is -2.01. The SMILES string of the molecule is C#Cc1[c]c(CC)cc(CN)c1. The van der Waals surface area contributed by atoms with Crippen LogP contribution >= 0.6 is 0 Å². The van der Waals surface area contributed by atoms with Crippen LogP contribution < -0.4 is 5.73 Å². The highest BCUT2D eigenvalue weighted by atomic mass is 14.5. The molecule has 0 fully saturated rings. The fourth-order valence-electron chi connectivity index (χ4n) is 1.08. The first-order chi connectivity index (χ1) is 5.80. The van der Waals surface area contributed by atoms with Gasteiger partial charge in [0, 0.05) is 18.2 Å². The minimum Gasteiger partial charge on any atom is -0.326 e. The Labute approximate surface area is 73.6 Å². The molecule has 0 bridgehead atoms. The van der Waals surface area contributed by atoms with Gasteiger partial charge in [0.1, 0.15) is 0 Å². The van der Waals surface area contributed by atoms with Crippen LogP contribution in [0.1, 0.15) is 23.6 Å². The highest BCUT2D eigenvalue weighted by Gasteiger charge is 1.96. The molecule has 61 valence electrons. The second-order valence-corrected chi connectivity index (χ2v) is 2.63. The predicted octanol–water partition coefficient (Wildman–Crippen LogP) is 1.49. The molecule has 1 aromatic rings. The number of nitrogens with two attached hydrogens (primary N) is 1. The van der Waals surface area contributed by atoms with Crippen LogP contribution in [0.5, 0.6) is 0 Å². The zero-order valence-corrected chi connectivity index (χ0v) is 7.22. The zero-order chi connectivity index (χ0) is 8.97. The van der Waals surface area contributed by atoms with Gasteiger partial charge in [-0.1, -0.05) is 18.9 Å². The monoisotopic (exact) mass is 158 g/mol. The molecule has 0 aromatic heterocycles. The summed E-state index contributed by atoms with van der Waals surface area (Å²) in [7, 11) is 0. The summed E-state index contributed by atoms with van der Waals surface area (Å²) in [4.78, 5) is 0. The summed E-state index contributed by atoms with van der Waals surface area (Å²) in [5.41, 5.74) is 8.53. The van der Waals surface area contributed by atoms with Crippen molar-refractivity contribution in [2.75, 3.05) is 0 Å². The van der Waals surface area contributed by atoms with E-state index in [1.54, 1.807) is 0 Å². The van der Waals surface area contributed by atoms with Crippen molar-refractivity contribution < 1.29 is 0 Å². The van der Waals surface area contributed by atoms with E-state index in [9.17, 15) is 0 Å². The number of rotatable bonds is 2. The lowest BCUT2D eigenvalue weighted by atomic mass is 10.0. The molecular formula is C11H12N. The van der Waals surface area contributed by atoms with Gasteiger partial charge >= 0.3 is 0 Å². The van der Waals surface area contributed by atoms with E-state index in [0.29, 0.717) is 6.54 Å². The molecule has 0 saturated heterocycles. The first-order valence-corrected chi connectivity index (χ1v) is 4.02. The summed E-state index contributed by atoms with van der Waals surface area (Å²) in [6.45, 7) is 2.61. The molecule has 0 aliphatic heterocycles. The fraction of sp³-hybridized carbons (Fsp3) is 0.273. The summed E-state index contributed by atoms with van der Waals surface area (Å²) in [6.07, 6.45) is 6.22. The fourth-order valence-corrected chi connectivity index (χ4v) is 1.08. The number of terminal acetylenes is 1. The summed E-state index contributed by atoms with van der Waals surface area (Å²) in [5, 5.41) is 0. The molecule has 0 aliphatic rings. The van der Waals surface area contributed by atoms with Gasteiger partial charge < -0.3 is 5.73 Å². The highest BCUT2D eigenvalue weighted by Crippen LogP contribution is 2.08. The van der Waals surface area contributed by atoms with Crippen molar-refractivity contribution in [3.8, 4) is 12.3 Å². The molecule has 0 spiro atoms. The Kier molecular flexibility index (Phi) is 2.90. The molecule has 2 N–H and O–H groups in total. The van der Waals surface area contributed by atoms with Gasteiger partial charge in [0.2, 0.25) is 0 Å². The van der Waals surface area contributed by atoms with E-state index in [-0.39, 0.29) is 0 Å². The van der Waals surface area contributed by atoms with E-state index in [1.807, 2.05) is 12.1 Å². The molecule has 12 heavy (non-hydrogen) atoms. The quantitative estimate of drug-likeness (QED) is 0.648. The van der Waals surface area contributed by atoms with Crippen LogP contribution in [0.3, 0.4) is 0 Å². The first-order valence-electron chi connectivity index (χ1n) is 4.02. The van der Waals surface area contributed by atoms with Gasteiger partial charge in [-0.25, -0.2) is 0 Å². The van der Waals surface area contributed by atoms with Crippen molar-refractivity contribution in [2.24, 2.45) is 5.73 Å². The summed E-state index contributed by atoms with van der Waals surface area (Å²) < 4.78 is 0. The second-order valence-electron chi connectivity index (χ2n) is 2.63. The molecule has 1 radical (unpaired) electrons. The van der Waals surface area contributed by atoms with Crippen LogP contribution in [0.15, 0.2) is 12.1 Å². The van der Waals surface area contributed by atoms with Gasteiger partial charge in [0.25, 0.3) is 0 Å². The van der Waals surface area contributed by atoms with E-state index < -0.39 is 0 Å². The Morgan fingerprint density at radius 1 is 1.58 bits per heavy atom. The molecule has 1 aromatic carbocycles. The van der Waals surface area contributed by atoms with Gasteiger partial charge in [-0.3, -0.25) is 0 Å². The van der Waals surface area contributed by atoms with Crippen molar-refractivity contribution in [2.45, 2.75) is 19.9 Å². The van der Waals surface area contributed by atoms with E-state index in [4.69, 9.17) is 12.2 Å². The lowest BCUT2D eigenvalue weighted by molar-refractivity contribution is 1.04. The Balaban J connectivity index is 3.12. The van der Waals surface area contributed by atoms with Gasteiger partial charge in [0.15, 0.2) is 0 Å². The maximum Gasteiger partial charge on any atom is 0.0327 e. The van der Waals surface area contributed by atoms with Crippen LogP contribution in [0, 0.1) is 18.4 Å². The maximum absolute atomic E-state index is 5.51. The van der Waals surface area contributed by atoms with Crippen molar-refractivity contribution in [1.29, 1.82) is 0 Å². The minimum absolute atomic E-state index is 0.538. The number of hydrogen-bond acceptors (Lipinski definition) is 1. The third-order valence-corrected chi connectivity index (χ3v) is 1.76. The second kappa shape index (κ2) is 3.94. The Bertz CT molecular complexity index is 285. The third kappa shape index (κ3) is 1.87. The van der Waals surface area contributed by atoms with Crippen molar-refractivity contribution >= 4 is 0 Å². The summed E-state index contributed by atoms with van der Waals surface area (Å²) in [6, 6.07) is 7.07. The van der Waals surface area contributed by atoms with E-state index in [2.05, 4.69) is 18.9 Å². The first kappa shape index (κ1) is 8.83. The number of hydrogen-bond donors (Lipinski definition) is 1. The van der Waals surface area contributed by atoms with Gasteiger partial charge in [0.05, 0.1) is 0 Å². The van der Waals surface area contributed by atoms with Crippen LogP contribution in [0.25, 0.3) is 0 Å². The smallest absolute Gasteiger partial charge is 0.0327 e. The van der Waals surface area contributed by atoms with E-state index >= 15 is 0 Å². The molecular weight excluding hydrogens is 146 g/mol. The van der Waals surface area contributed by atoms with Crippen molar-refractivity contribution in [3.63, 3.8) is 0 Å². The minimum atomic E-state index is 0.538. The Morgan fingerprint density at radius 2 is 2.33 bits per heavy atom. The van der Waals surface area contributed by atoms with Crippen molar-refractivity contribution in [3.05, 3.63) is 34.9 Å². The zero-order valence-electron chi connectivity index (χ0n) is 7.22. The number of aryl methyl sites for hydroxylation is 1. The molecule has 1 rings (SSSR count). The maximum atomic E-state index is 5.51. The van der Waals surface area contributed by atoms with Gasteiger partial charge in [-0.2, -0.15) is 0 Å². The van der Waals surface area contributed by atoms with Gasteiger partial charge in [-0.05, 0) is 23.6 Å². The van der Waals surface area contributed by atoms with Crippen LogP contribution in [0.2, 0.25) is 0 Å². The average molecular weight is 158 g/mol. The largest absolute Gasteiger partial charge is 0.326 e. The van der Waals surface area contributed by atoms with Crippen LogP contribution in [-0.4, -0.2) is 0 Å². The van der Waals surface area contributed by atoms with Crippen LogP contribution in [-0.2, 0) is 13.0 Å². The highest BCUT2D eigenvalue weighted by molar-refractivity contribution is 5.38.